The maximum atomic E-state index is 12.4. The van der Waals surface area contributed by atoms with Crippen LogP contribution in [0, 0.1) is 17.0 Å². The number of non-ortho nitro benzene ring substituents is 1. The van der Waals surface area contributed by atoms with Crippen LogP contribution >= 0.6 is 0 Å². The van der Waals surface area contributed by atoms with Crippen LogP contribution in [0.1, 0.15) is 23.3 Å². The summed E-state index contributed by atoms with van der Waals surface area (Å²) < 4.78 is 1.36. The number of aromatic nitrogens is 2. The summed E-state index contributed by atoms with van der Waals surface area (Å²) in [6.07, 6.45) is 1.77. The second-order valence-electron chi connectivity index (χ2n) is 4.94. The van der Waals surface area contributed by atoms with Gasteiger partial charge in [-0.3, -0.25) is 14.9 Å². The predicted molar refractivity (Wildman–Crippen MR) is 72.8 cm³/mol. The fraction of sp³-hybridized carbons (Fsp3) is 0.385. The molecule has 3 rings (SSSR count). The number of nitro benzene ring substituents is 1. The van der Waals surface area contributed by atoms with Crippen LogP contribution in [0.5, 0.6) is 0 Å². The van der Waals surface area contributed by atoms with Gasteiger partial charge in [0.2, 0.25) is 0 Å². The average molecular weight is 274 g/mol. The van der Waals surface area contributed by atoms with Gasteiger partial charge in [-0.05, 0) is 32.4 Å². The van der Waals surface area contributed by atoms with Crippen molar-refractivity contribution in [2.45, 2.75) is 25.8 Å². The van der Waals surface area contributed by atoms with Gasteiger partial charge in [-0.15, -0.1) is 0 Å². The zero-order chi connectivity index (χ0) is 14.3. The molecule has 0 radical (unpaired) electrons. The van der Waals surface area contributed by atoms with Crippen molar-refractivity contribution in [1.29, 1.82) is 0 Å². The number of carbonyl (C=O) groups excluding carboxylic acids is 1. The molecule has 7 nitrogen and oxygen atoms in total. The molecule has 0 saturated carbocycles. The Bertz CT molecular complexity index is 701. The van der Waals surface area contributed by atoms with Crippen LogP contribution in [-0.2, 0) is 0 Å². The van der Waals surface area contributed by atoms with Crippen LogP contribution in [0.15, 0.2) is 18.2 Å². The molecule has 1 unspecified atom stereocenters. The highest BCUT2D eigenvalue weighted by atomic mass is 16.6. The maximum Gasteiger partial charge on any atom is 0.270 e. The lowest BCUT2D eigenvalue weighted by atomic mass is 10.2. The Morgan fingerprint density at radius 1 is 1.55 bits per heavy atom. The van der Waals surface area contributed by atoms with Crippen molar-refractivity contribution in [3.05, 3.63) is 34.0 Å². The monoisotopic (exact) mass is 274 g/mol. The Labute approximate surface area is 114 Å². The minimum Gasteiger partial charge on any atom is -0.306 e. The molecule has 1 aliphatic heterocycles. The molecule has 1 aliphatic rings. The SMILES string of the molecule is Cc1nn(C(=O)C2CCCN2)c2ccc([N+](=O)[O-])cc12. The van der Waals surface area contributed by atoms with Crippen LogP contribution in [0.3, 0.4) is 0 Å². The molecule has 0 aliphatic carbocycles. The normalized spacial score (nSPS) is 18.6. The van der Waals surface area contributed by atoms with E-state index in [1.54, 1.807) is 13.0 Å². The number of nitrogens with one attached hydrogen (secondary N) is 1. The molecule has 20 heavy (non-hydrogen) atoms. The molecule has 7 heteroatoms. The van der Waals surface area contributed by atoms with Gasteiger partial charge in [0.05, 0.1) is 22.2 Å². The number of benzene rings is 1. The molecule has 104 valence electrons. The fourth-order valence-electron chi connectivity index (χ4n) is 2.58. The third-order valence-electron chi connectivity index (χ3n) is 3.63. The molecule has 2 heterocycles. The number of carbonyl (C=O) groups is 1. The van der Waals surface area contributed by atoms with Crippen LogP contribution in [0.2, 0.25) is 0 Å². The van der Waals surface area contributed by atoms with E-state index >= 15 is 0 Å². The first-order valence-electron chi connectivity index (χ1n) is 6.49. The zero-order valence-corrected chi connectivity index (χ0v) is 11.0. The fourth-order valence-corrected chi connectivity index (χ4v) is 2.58. The summed E-state index contributed by atoms with van der Waals surface area (Å²) in [5.74, 6) is -0.102. The van der Waals surface area contributed by atoms with E-state index in [1.165, 1.54) is 16.8 Å². The summed E-state index contributed by atoms with van der Waals surface area (Å²) in [4.78, 5) is 22.8. The van der Waals surface area contributed by atoms with Crippen LogP contribution in [0.25, 0.3) is 10.9 Å². The van der Waals surface area contributed by atoms with Crippen molar-refractivity contribution in [2.24, 2.45) is 0 Å². The molecule has 1 aromatic heterocycles. The zero-order valence-electron chi connectivity index (χ0n) is 11.0. The number of hydrogen-bond donors (Lipinski definition) is 1. The topological polar surface area (TPSA) is 90.1 Å². The molecule has 2 aromatic rings. The van der Waals surface area contributed by atoms with Crippen molar-refractivity contribution in [3.63, 3.8) is 0 Å². The number of aryl methyl sites for hydroxylation is 1. The summed E-state index contributed by atoms with van der Waals surface area (Å²) in [5.41, 5.74) is 1.24. The Kier molecular flexibility index (Phi) is 2.98. The number of nitro groups is 1. The quantitative estimate of drug-likeness (QED) is 0.664. The first kappa shape index (κ1) is 12.7. The highest BCUT2D eigenvalue weighted by molar-refractivity contribution is 5.95. The standard InChI is InChI=1S/C13H14N4O3/c1-8-10-7-9(17(19)20)4-5-12(10)16(15-8)13(18)11-3-2-6-14-11/h4-5,7,11,14H,2-3,6H2,1H3. The second kappa shape index (κ2) is 4.68. The van der Waals surface area contributed by atoms with Crippen molar-refractivity contribution >= 4 is 22.5 Å². The van der Waals surface area contributed by atoms with Gasteiger partial charge in [-0.25, -0.2) is 0 Å². The van der Waals surface area contributed by atoms with E-state index in [2.05, 4.69) is 10.4 Å². The number of rotatable bonds is 2. The highest BCUT2D eigenvalue weighted by Crippen LogP contribution is 2.24. The lowest BCUT2D eigenvalue weighted by Crippen LogP contribution is -2.35. The smallest absolute Gasteiger partial charge is 0.270 e. The van der Waals surface area contributed by atoms with Crippen LogP contribution in [-0.4, -0.2) is 33.2 Å². The first-order valence-corrected chi connectivity index (χ1v) is 6.49. The van der Waals surface area contributed by atoms with E-state index in [1.807, 2.05) is 0 Å². The third kappa shape index (κ3) is 1.96. The van der Waals surface area contributed by atoms with Crippen molar-refractivity contribution < 1.29 is 9.72 Å². The minimum absolute atomic E-state index is 0.00610. The van der Waals surface area contributed by atoms with Gasteiger partial charge in [0.25, 0.3) is 11.6 Å². The minimum atomic E-state index is -0.448. The lowest BCUT2D eigenvalue weighted by Gasteiger charge is -2.09. The largest absolute Gasteiger partial charge is 0.306 e. The summed E-state index contributed by atoms with van der Waals surface area (Å²) in [6.45, 7) is 2.58. The van der Waals surface area contributed by atoms with E-state index < -0.39 is 4.92 Å². The highest BCUT2D eigenvalue weighted by Gasteiger charge is 2.26. The summed E-state index contributed by atoms with van der Waals surface area (Å²) in [5, 5.41) is 18.8. The number of hydrogen-bond acceptors (Lipinski definition) is 5. The molecule has 1 fully saturated rings. The summed E-state index contributed by atoms with van der Waals surface area (Å²) >= 11 is 0. The van der Waals surface area contributed by atoms with E-state index in [4.69, 9.17) is 0 Å². The van der Waals surface area contributed by atoms with Gasteiger partial charge in [0.1, 0.15) is 0 Å². The molecule has 0 spiro atoms. The van der Waals surface area contributed by atoms with E-state index in [-0.39, 0.29) is 17.6 Å². The maximum absolute atomic E-state index is 12.4. The molecule has 1 N–H and O–H groups in total. The molecular weight excluding hydrogens is 260 g/mol. The van der Waals surface area contributed by atoms with Crippen molar-refractivity contribution in [2.75, 3.05) is 6.54 Å². The van der Waals surface area contributed by atoms with Gasteiger partial charge >= 0.3 is 0 Å². The Morgan fingerprint density at radius 3 is 3.00 bits per heavy atom. The molecule has 1 saturated heterocycles. The Morgan fingerprint density at radius 2 is 2.35 bits per heavy atom. The van der Waals surface area contributed by atoms with Gasteiger partial charge < -0.3 is 5.32 Å². The van der Waals surface area contributed by atoms with Crippen molar-refractivity contribution in [3.8, 4) is 0 Å². The van der Waals surface area contributed by atoms with Crippen LogP contribution in [0.4, 0.5) is 5.69 Å². The molecule has 0 amide bonds. The van der Waals surface area contributed by atoms with Gasteiger partial charge in [-0.2, -0.15) is 9.78 Å². The predicted octanol–water partition coefficient (Wildman–Crippen LogP) is 1.65. The number of fused-ring (bicyclic) bond motifs is 1. The molecule has 1 atom stereocenters. The third-order valence-corrected chi connectivity index (χ3v) is 3.63. The second-order valence-corrected chi connectivity index (χ2v) is 4.94. The summed E-state index contributed by atoms with van der Waals surface area (Å²) in [6, 6.07) is 4.23. The lowest BCUT2D eigenvalue weighted by molar-refractivity contribution is -0.384. The van der Waals surface area contributed by atoms with Gasteiger partial charge in [0.15, 0.2) is 0 Å². The van der Waals surface area contributed by atoms with Crippen LogP contribution < -0.4 is 5.32 Å². The van der Waals surface area contributed by atoms with Gasteiger partial charge in [0, 0.05) is 17.5 Å². The van der Waals surface area contributed by atoms with Crippen molar-refractivity contribution in [1.82, 2.24) is 15.1 Å². The first-order chi connectivity index (χ1) is 9.58. The Hall–Kier alpha value is -2.28. The van der Waals surface area contributed by atoms with E-state index in [0.29, 0.717) is 16.6 Å². The average Bonchev–Trinajstić information content (AvgIpc) is 3.06. The Balaban J connectivity index is 2.08. The van der Waals surface area contributed by atoms with E-state index in [0.717, 1.165) is 19.4 Å². The molecular formula is C13H14N4O3. The summed E-state index contributed by atoms with van der Waals surface area (Å²) in [7, 11) is 0. The number of nitrogens with zero attached hydrogens (tertiary/aromatic N) is 3. The van der Waals surface area contributed by atoms with E-state index in [9.17, 15) is 14.9 Å². The van der Waals surface area contributed by atoms with Gasteiger partial charge in [-0.1, -0.05) is 0 Å². The molecule has 1 aromatic carbocycles. The molecule has 0 bridgehead atoms.